The van der Waals surface area contributed by atoms with Crippen LogP contribution in [0.4, 0.5) is 18.0 Å². The van der Waals surface area contributed by atoms with Crippen LogP contribution in [-0.4, -0.2) is 60.2 Å². The van der Waals surface area contributed by atoms with Gasteiger partial charge in [0.1, 0.15) is 12.6 Å². The largest absolute Gasteiger partial charge is 0.480 e. The number of carboxylic acids is 1. The van der Waals surface area contributed by atoms with E-state index in [1.54, 1.807) is 0 Å². The third kappa shape index (κ3) is 6.50. The van der Waals surface area contributed by atoms with Gasteiger partial charge in [0.25, 0.3) is 0 Å². The smallest absolute Gasteiger partial charge is 0.407 e. The predicted octanol–water partition coefficient (Wildman–Crippen LogP) is 3.05. The molecule has 1 aliphatic carbocycles. The number of carbonyl (C=O) groups is 3. The molecule has 0 aromatic heterocycles. The van der Waals surface area contributed by atoms with Gasteiger partial charge in [-0.2, -0.15) is 13.2 Å². The number of alkyl halides is 3. The zero-order chi connectivity index (χ0) is 25.6. The van der Waals surface area contributed by atoms with Gasteiger partial charge < -0.3 is 25.6 Å². The van der Waals surface area contributed by atoms with Gasteiger partial charge in [-0.1, -0.05) is 48.5 Å². The molecule has 2 amide bonds. The summed E-state index contributed by atoms with van der Waals surface area (Å²) in [6, 6.07) is 13.7. The van der Waals surface area contributed by atoms with E-state index >= 15 is 0 Å². The van der Waals surface area contributed by atoms with Gasteiger partial charge in [-0.15, -0.1) is 0 Å². The number of halogens is 3. The number of fused-ring (bicyclic) bond motifs is 3. The van der Waals surface area contributed by atoms with Crippen molar-refractivity contribution in [3.8, 4) is 11.1 Å². The molecule has 0 fully saturated rings. The average molecular weight is 494 g/mol. The molecule has 8 nitrogen and oxygen atoms in total. The molecule has 11 heteroatoms. The van der Waals surface area contributed by atoms with E-state index in [1.807, 2.05) is 53.8 Å². The van der Waals surface area contributed by atoms with Gasteiger partial charge in [-0.3, -0.25) is 4.79 Å². The summed E-state index contributed by atoms with van der Waals surface area (Å²) < 4.78 is 45.3. The molecule has 1 aliphatic rings. The number of nitrogens with one attached hydrogen (secondary N) is 2. The maximum Gasteiger partial charge on any atom is 0.407 e. The van der Waals surface area contributed by atoms with Gasteiger partial charge in [0.15, 0.2) is 0 Å². The third-order valence-electron chi connectivity index (χ3n) is 5.82. The molecular weight excluding hydrogens is 469 g/mol. The molecule has 0 bridgehead atoms. The SMILES string of the molecule is O=C(CC(CCNC(=O)OCC1c2ccccc2-c2ccccc21)C(F)(F)F)NC(CO)C(=O)O. The molecule has 2 unspecified atom stereocenters. The van der Waals surface area contributed by atoms with Crippen LogP contribution in [-0.2, 0) is 14.3 Å². The van der Waals surface area contributed by atoms with E-state index in [1.165, 1.54) is 0 Å². The lowest BCUT2D eigenvalue weighted by atomic mass is 9.98. The number of amides is 2. The number of ether oxygens (including phenoxy) is 1. The number of hydrogen-bond acceptors (Lipinski definition) is 5. The highest BCUT2D eigenvalue weighted by Crippen LogP contribution is 2.44. The maximum absolute atomic E-state index is 13.3. The standard InChI is InChI=1S/C24H25F3N2O6/c25-24(26,27)14(11-21(31)29-20(12-30)22(32)33)9-10-28-23(34)35-13-19-17-7-3-1-5-15(17)16-6-2-4-8-18(16)19/h1-8,14,19-20,30H,9-13H2,(H,28,34)(H,29,31)(H,32,33). The average Bonchev–Trinajstić information content (AvgIpc) is 3.13. The summed E-state index contributed by atoms with van der Waals surface area (Å²) in [7, 11) is 0. The monoisotopic (exact) mass is 494 g/mol. The summed E-state index contributed by atoms with van der Waals surface area (Å²) in [6.45, 7) is -1.36. The van der Waals surface area contributed by atoms with Crippen LogP contribution >= 0.6 is 0 Å². The molecule has 0 saturated heterocycles. The van der Waals surface area contributed by atoms with Crippen LogP contribution < -0.4 is 10.6 Å². The second kappa shape index (κ2) is 11.2. The Morgan fingerprint density at radius 3 is 2.09 bits per heavy atom. The summed E-state index contributed by atoms with van der Waals surface area (Å²) in [5.74, 6) is -5.06. The minimum Gasteiger partial charge on any atom is -0.480 e. The molecule has 4 N–H and O–H groups in total. The van der Waals surface area contributed by atoms with Crippen LogP contribution in [0.3, 0.4) is 0 Å². The minimum absolute atomic E-state index is 0.00268. The van der Waals surface area contributed by atoms with Crippen molar-refractivity contribution >= 4 is 18.0 Å². The number of aliphatic hydroxyl groups excluding tert-OH is 1. The van der Waals surface area contributed by atoms with Gasteiger partial charge in [0.05, 0.1) is 12.5 Å². The fourth-order valence-corrected chi connectivity index (χ4v) is 4.04. The molecule has 0 heterocycles. The molecule has 0 spiro atoms. The highest BCUT2D eigenvalue weighted by Gasteiger charge is 2.41. The van der Waals surface area contributed by atoms with Crippen molar-refractivity contribution in [2.24, 2.45) is 5.92 Å². The van der Waals surface area contributed by atoms with Crippen LogP contribution in [0.1, 0.15) is 29.9 Å². The summed E-state index contributed by atoms with van der Waals surface area (Å²) in [5.41, 5.74) is 4.06. The lowest BCUT2D eigenvalue weighted by Gasteiger charge is -2.21. The minimum atomic E-state index is -4.75. The number of carboxylic acid groups (broad SMARTS) is 1. The van der Waals surface area contributed by atoms with Crippen molar-refractivity contribution in [2.75, 3.05) is 19.8 Å². The van der Waals surface area contributed by atoms with Crippen molar-refractivity contribution < 1.29 is 42.5 Å². The number of rotatable bonds is 10. The van der Waals surface area contributed by atoms with Gasteiger partial charge in [-0.25, -0.2) is 9.59 Å². The summed E-state index contributed by atoms with van der Waals surface area (Å²) >= 11 is 0. The molecule has 2 aromatic rings. The Kier molecular flexibility index (Phi) is 8.34. The molecule has 3 rings (SSSR count). The van der Waals surface area contributed by atoms with Gasteiger partial charge in [0, 0.05) is 18.9 Å². The summed E-state index contributed by atoms with van der Waals surface area (Å²) in [5, 5.41) is 21.8. The Morgan fingerprint density at radius 2 is 1.57 bits per heavy atom. The summed E-state index contributed by atoms with van der Waals surface area (Å²) in [6.07, 6.45) is -7.29. The lowest BCUT2D eigenvalue weighted by molar-refractivity contribution is -0.180. The van der Waals surface area contributed by atoms with Crippen molar-refractivity contribution in [1.82, 2.24) is 10.6 Å². The zero-order valence-electron chi connectivity index (χ0n) is 18.5. The van der Waals surface area contributed by atoms with Gasteiger partial charge in [0.2, 0.25) is 5.91 Å². The van der Waals surface area contributed by atoms with Crippen molar-refractivity contribution in [3.05, 3.63) is 59.7 Å². The van der Waals surface area contributed by atoms with E-state index in [2.05, 4.69) is 5.32 Å². The first kappa shape index (κ1) is 26.0. The van der Waals surface area contributed by atoms with E-state index in [0.29, 0.717) is 0 Å². The van der Waals surface area contributed by atoms with Crippen molar-refractivity contribution in [2.45, 2.75) is 31.0 Å². The Morgan fingerprint density at radius 1 is 1.00 bits per heavy atom. The molecule has 2 aromatic carbocycles. The Balaban J connectivity index is 1.51. The van der Waals surface area contributed by atoms with Crippen LogP contribution in [0.5, 0.6) is 0 Å². The Labute approximate surface area is 199 Å². The van der Waals surface area contributed by atoms with E-state index in [0.717, 1.165) is 22.3 Å². The molecule has 0 aliphatic heterocycles. The van der Waals surface area contributed by atoms with Crippen molar-refractivity contribution in [3.63, 3.8) is 0 Å². The van der Waals surface area contributed by atoms with Gasteiger partial charge in [-0.05, 0) is 28.7 Å². The van der Waals surface area contributed by atoms with Crippen LogP contribution in [0.15, 0.2) is 48.5 Å². The highest BCUT2D eigenvalue weighted by atomic mass is 19.4. The summed E-state index contributed by atoms with van der Waals surface area (Å²) in [4.78, 5) is 34.8. The van der Waals surface area contributed by atoms with E-state index in [4.69, 9.17) is 14.9 Å². The molecule has 188 valence electrons. The first-order chi connectivity index (χ1) is 16.6. The first-order valence-corrected chi connectivity index (χ1v) is 10.9. The Hall–Kier alpha value is -3.60. The zero-order valence-corrected chi connectivity index (χ0v) is 18.5. The fourth-order valence-electron chi connectivity index (χ4n) is 4.04. The van der Waals surface area contributed by atoms with E-state index in [-0.39, 0.29) is 12.5 Å². The predicted molar refractivity (Wildman–Crippen MR) is 119 cm³/mol. The van der Waals surface area contributed by atoms with E-state index in [9.17, 15) is 27.6 Å². The number of benzene rings is 2. The number of hydrogen-bond donors (Lipinski definition) is 4. The normalized spacial score (nSPS) is 14.4. The number of aliphatic hydroxyl groups is 1. The quantitative estimate of drug-likeness (QED) is 0.403. The molecular formula is C24H25F3N2O6. The van der Waals surface area contributed by atoms with Crippen LogP contribution in [0.2, 0.25) is 0 Å². The lowest BCUT2D eigenvalue weighted by Crippen LogP contribution is -2.45. The molecule has 0 radical (unpaired) electrons. The number of aliphatic carboxylic acids is 1. The van der Waals surface area contributed by atoms with Crippen LogP contribution in [0, 0.1) is 5.92 Å². The topological polar surface area (TPSA) is 125 Å². The van der Waals surface area contributed by atoms with E-state index < -0.39 is 62.1 Å². The second-order valence-electron chi connectivity index (χ2n) is 8.12. The second-order valence-corrected chi connectivity index (χ2v) is 8.12. The van der Waals surface area contributed by atoms with Crippen LogP contribution in [0.25, 0.3) is 11.1 Å². The molecule has 0 saturated carbocycles. The van der Waals surface area contributed by atoms with Gasteiger partial charge >= 0.3 is 18.2 Å². The maximum atomic E-state index is 13.3. The molecule has 2 atom stereocenters. The first-order valence-electron chi connectivity index (χ1n) is 10.9. The number of carbonyl (C=O) groups excluding carboxylic acids is 2. The molecule has 35 heavy (non-hydrogen) atoms. The highest BCUT2D eigenvalue weighted by molar-refractivity contribution is 5.83. The third-order valence-corrected chi connectivity index (χ3v) is 5.82. The van der Waals surface area contributed by atoms with Crippen molar-refractivity contribution in [1.29, 1.82) is 0 Å². The number of alkyl carbamates (subject to hydrolysis) is 1. The fraction of sp³-hybridized carbons (Fsp3) is 0.375. The Bertz CT molecular complexity index is 1030.